The zero-order chi connectivity index (χ0) is 18.9. The van der Waals surface area contributed by atoms with E-state index in [0.717, 1.165) is 31.0 Å². The molecule has 0 radical (unpaired) electrons. The van der Waals surface area contributed by atoms with Crippen LogP contribution < -0.4 is 15.4 Å². The lowest BCUT2D eigenvalue weighted by Gasteiger charge is -2.26. The van der Waals surface area contributed by atoms with Gasteiger partial charge in [0.05, 0.1) is 21.9 Å². The second-order valence-electron chi connectivity index (χ2n) is 6.62. The van der Waals surface area contributed by atoms with E-state index in [1.807, 2.05) is 24.3 Å². The molecule has 2 aromatic rings. The maximum atomic E-state index is 6.01. The lowest BCUT2D eigenvalue weighted by Crippen LogP contribution is -2.33. The number of likely N-dealkylation sites (tertiary alicyclic amines) is 1. The first-order valence-corrected chi connectivity index (χ1v) is 10.2. The van der Waals surface area contributed by atoms with Crippen molar-refractivity contribution in [3.63, 3.8) is 0 Å². The van der Waals surface area contributed by atoms with Gasteiger partial charge in [0.1, 0.15) is 6.61 Å². The summed E-state index contributed by atoms with van der Waals surface area (Å²) >= 11 is 11.9. The van der Waals surface area contributed by atoms with E-state index < -0.39 is 0 Å². The van der Waals surface area contributed by atoms with Crippen LogP contribution in [0.25, 0.3) is 0 Å². The van der Waals surface area contributed by atoms with Crippen molar-refractivity contribution in [3.8, 4) is 5.88 Å². The van der Waals surface area contributed by atoms with Gasteiger partial charge in [-0.05, 0) is 50.2 Å². The number of anilines is 2. The van der Waals surface area contributed by atoms with E-state index in [1.54, 1.807) is 12.3 Å². The van der Waals surface area contributed by atoms with Crippen LogP contribution in [0.3, 0.4) is 0 Å². The maximum absolute atomic E-state index is 6.01. The van der Waals surface area contributed by atoms with E-state index >= 15 is 0 Å². The van der Waals surface area contributed by atoms with Crippen LogP contribution in [0.5, 0.6) is 5.88 Å². The molecule has 1 aromatic carbocycles. The second kappa shape index (κ2) is 10.6. The van der Waals surface area contributed by atoms with Gasteiger partial charge in [-0.1, -0.05) is 29.6 Å². The predicted molar refractivity (Wildman–Crippen MR) is 113 cm³/mol. The summed E-state index contributed by atoms with van der Waals surface area (Å²) in [5.74, 6) is 0.673. The second-order valence-corrected chi connectivity index (χ2v) is 7.43. The summed E-state index contributed by atoms with van der Waals surface area (Å²) in [4.78, 5) is 6.82. The summed E-state index contributed by atoms with van der Waals surface area (Å²) in [6, 6.07) is 9.41. The third kappa shape index (κ3) is 6.76. The fourth-order valence-electron chi connectivity index (χ4n) is 3.05. The van der Waals surface area contributed by atoms with Crippen LogP contribution in [0.1, 0.15) is 19.3 Å². The molecule has 0 amide bonds. The van der Waals surface area contributed by atoms with E-state index in [-0.39, 0.29) is 0 Å². The zero-order valence-electron chi connectivity index (χ0n) is 15.4. The quantitative estimate of drug-likeness (QED) is 0.584. The van der Waals surface area contributed by atoms with Gasteiger partial charge in [0.2, 0.25) is 5.88 Å². The summed E-state index contributed by atoms with van der Waals surface area (Å²) in [6.07, 6.45) is 5.77. The van der Waals surface area contributed by atoms with Crippen LogP contribution in [0, 0.1) is 0 Å². The number of rotatable bonds is 9. The smallest absolute Gasteiger partial charge is 0.213 e. The molecule has 27 heavy (non-hydrogen) atoms. The number of halogens is 2. The number of aromatic nitrogens is 1. The van der Waals surface area contributed by atoms with E-state index in [1.165, 1.54) is 32.4 Å². The third-order valence-corrected chi connectivity index (χ3v) is 5.28. The molecule has 0 atom stereocenters. The molecule has 2 heterocycles. The van der Waals surface area contributed by atoms with Gasteiger partial charge in [0, 0.05) is 31.4 Å². The number of piperidine rings is 1. The Balaban J connectivity index is 1.33. The van der Waals surface area contributed by atoms with Crippen molar-refractivity contribution in [1.29, 1.82) is 0 Å². The average Bonchev–Trinajstić information content (AvgIpc) is 2.70. The van der Waals surface area contributed by atoms with Crippen LogP contribution in [-0.4, -0.2) is 49.2 Å². The van der Waals surface area contributed by atoms with Crippen molar-refractivity contribution in [2.75, 3.05) is 50.0 Å². The number of hydrogen-bond donors (Lipinski definition) is 2. The topological polar surface area (TPSA) is 49.4 Å². The number of nitrogens with zero attached hydrogens (tertiary/aromatic N) is 2. The lowest BCUT2D eigenvalue weighted by atomic mass is 10.1. The van der Waals surface area contributed by atoms with E-state index in [9.17, 15) is 0 Å². The minimum atomic E-state index is 0.551. The highest BCUT2D eigenvalue weighted by atomic mass is 35.5. The monoisotopic (exact) mass is 408 g/mol. The van der Waals surface area contributed by atoms with E-state index in [2.05, 4.69) is 20.5 Å². The van der Waals surface area contributed by atoms with Crippen LogP contribution in [0.4, 0.5) is 11.4 Å². The highest BCUT2D eigenvalue weighted by molar-refractivity contribution is 6.42. The summed E-state index contributed by atoms with van der Waals surface area (Å²) in [6.45, 7) is 5.56. The molecule has 1 aliphatic rings. The van der Waals surface area contributed by atoms with Crippen molar-refractivity contribution in [3.05, 3.63) is 46.6 Å². The van der Waals surface area contributed by atoms with Crippen molar-refractivity contribution in [2.45, 2.75) is 19.3 Å². The first-order chi connectivity index (χ1) is 13.2. The predicted octanol–water partition coefficient (Wildman–Crippen LogP) is 4.78. The van der Waals surface area contributed by atoms with E-state index in [0.29, 0.717) is 22.5 Å². The number of benzene rings is 1. The number of nitrogens with one attached hydrogen (secondary N) is 2. The van der Waals surface area contributed by atoms with Gasteiger partial charge in [-0.25, -0.2) is 4.98 Å². The molecule has 0 bridgehead atoms. The molecule has 1 aliphatic heterocycles. The highest BCUT2D eigenvalue weighted by Crippen LogP contribution is 2.24. The molecule has 146 valence electrons. The zero-order valence-corrected chi connectivity index (χ0v) is 16.9. The first-order valence-electron chi connectivity index (χ1n) is 9.45. The van der Waals surface area contributed by atoms with Gasteiger partial charge in [-0.2, -0.15) is 0 Å². The third-order valence-electron chi connectivity index (χ3n) is 4.55. The molecular formula is C20H26Cl2N4O. The number of hydrogen-bond acceptors (Lipinski definition) is 5. The van der Waals surface area contributed by atoms with Crippen molar-refractivity contribution in [1.82, 2.24) is 9.88 Å². The molecule has 1 aromatic heterocycles. The number of pyridine rings is 1. The Morgan fingerprint density at radius 2 is 1.67 bits per heavy atom. The lowest BCUT2D eigenvalue weighted by molar-refractivity contribution is 0.180. The standard InChI is InChI=1S/C20H26Cl2N4O/c21-18-6-4-16(14-19(18)22)23-8-9-24-17-5-7-20(25-15-17)27-13-12-26-10-2-1-3-11-26/h4-7,14-15,23-24H,1-3,8-13H2. The van der Waals surface area contributed by atoms with E-state index in [4.69, 9.17) is 27.9 Å². The Morgan fingerprint density at radius 3 is 2.37 bits per heavy atom. The SMILES string of the molecule is Clc1ccc(NCCNc2ccc(OCCN3CCCCC3)nc2)cc1Cl. The fraction of sp³-hybridized carbons (Fsp3) is 0.450. The van der Waals surface area contributed by atoms with Gasteiger partial charge >= 0.3 is 0 Å². The van der Waals surface area contributed by atoms with Gasteiger partial charge in [-0.3, -0.25) is 4.90 Å². The minimum absolute atomic E-state index is 0.551. The Morgan fingerprint density at radius 1 is 0.926 bits per heavy atom. The van der Waals surface area contributed by atoms with Gasteiger partial charge in [-0.15, -0.1) is 0 Å². The molecule has 0 aliphatic carbocycles. The van der Waals surface area contributed by atoms with Crippen LogP contribution >= 0.6 is 23.2 Å². The maximum Gasteiger partial charge on any atom is 0.213 e. The molecule has 1 fully saturated rings. The molecule has 1 saturated heterocycles. The Bertz CT molecular complexity index is 706. The summed E-state index contributed by atoms with van der Waals surface area (Å²) in [5, 5.41) is 7.74. The molecule has 5 nitrogen and oxygen atoms in total. The van der Waals surface area contributed by atoms with Crippen LogP contribution in [0.15, 0.2) is 36.5 Å². The van der Waals surface area contributed by atoms with Crippen molar-refractivity contribution < 1.29 is 4.74 Å². The molecule has 0 saturated carbocycles. The minimum Gasteiger partial charge on any atom is -0.476 e. The molecular weight excluding hydrogens is 383 g/mol. The van der Waals surface area contributed by atoms with Crippen molar-refractivity contribution >= 4 is 34.6 Å². The molecule has 7 heteroatoms. The Hall–Kier alpha value is -1.69. The largest absolute Gasteiger partial charge is 0.476 e. The summed E-state index contributed by atoms with van der Waals surface area (Å²) in [7, 11) is 0. The highest BCUT2D eigenvalue weighted by Gasteiger charge is 2.09. The van der Waals surface area contributed by atoms with Crippen LogP contribution in [0.2, 0.25) is 10.0 Å². The normalized spacial score (nSPS) is 14.7. The molecule has 2 N–H and O–H groups in total. The Kier molecular flexibility index (Phi) is 7.87. The Labute approximate surface area is 171 Å². The average molecular weight is 409 g/mol. The molecule has 0 unspecified atom stereocenters. The molecule has 3 rings (SSSR count). The summed E-state index contributed by atoms with van der Waals surface area (Å²) < 4.78 is 5.75. The first kappa shape index (κ1) is 20.1. The fourth-order valence-corrected chi connectivity index (χ4v) is 3.35. The van der Waals surface area contributed by atoms with Gasteiger partial charge in [0.25, 0.3) is 0 Å². The van der Waals surface area contributed by atoms with Crippen LogP contribution in [-0.2, 0) is 0 Å². The number of ether oxygens (including phenoxy) is 1. The molecule has 0 spiro atoms. The summed E-state index contributed by atoms with van der Waals surface area (Å²) in [5.41, 5.74) is 1.91. The van der Waals surface area contributed by atoms with Gasteiger partial charge < -0.3 is 15.4 Å². The van der Waals surface area contributed by atoms with Crippen molar-refractivity contribution in [2.24, 2.45) is 0 Å². The van der Waals surface area contributed by atoms with Gasteiger partial charge in [0.15, 0.2) is 0 Å².